The Labute approximate surface area is 127 Å². The summed E-state index contributed by atoms with van der Waals surface area (Å²) in [6, 6.07) is 13.7. The standard InChI is InChI=1S/C16H17NO3S/c1-2-20-16(19)11-21-10-15(18)17-14-8-7-12-5-3-4-6-13(12)9-14/h3-9H,2,10-11H2,1H3,(H,17,18). The second-order valence-corrected chi connectivity index (χ2v) is 5.39. The van der Waals surface area contributed by atoms with Crippen molar-refractivity contribution in [2.75, 3.05) is 23.4 Å². The average molecular weight is 303 g/mol. The number of ether oxygens (including phenoxy) is 1. The smallest absolute Gasteiger partial charge is 0.315 e. The minimum absolute atomic E-state index is 0.125. The maximum absolute atomic E-state index is 11.8. The van der Waals surface area contributed by atoms with E-state index in [0.717, 1.165) is 16.5 Å². The molecular formula is C16H17NO3S. The minimum atomic E-state index is -0.291. The lowest BCUT2D eigenvalue weighted by atomic mass is 10.1. The van der Waals surface area contributed by atoms with Crippen molar-refractivity contribution in [2.24, 2.45) is 0 Å². The van der Waals surface area contributed by atoms with Crippen LogP contribution in [0.3, 0.4) is 0 Å². The Morgan fingerprint density at radius 3 is 2.62 bits per heavy atom. The largest absolute Gasteiger partial charge is 0.465 e. The van der Waals surface area contributed by atoms with Gasteiger partial charge in [-0.1, -0.05) is 30.3 Å². The van der Waals surface area contributed by atoms with Crippen molar-refractivity contribution in [3.05, 3.63) is 42.5 Å². The monoisotopic (exact) mass is 303 g/mol. The number of amides is 1. The van der Waals surface area contributed by atoms with E-state index in [1.54, 1.807) is 6.92 Å². The van der Waals surface area contributed by atoms with Crippen molar-refractivity contribution < 1.29 is 14.3 Å². The molecule has 0 unspecified atom stereocenters. The zero-order valence-corrected chi connectivity index (χ0v) is 12.6. The highest BCUT2D eigenvalue weighted by molar-refractivity contribution is 8.00. The summed E-state index contributed by atoms with van der Waals surface area (Å²) in [7, 11) is 0. The molecule has 0 saturated carbocycles. The van der Waals surface area contributed by atoms with Crippen LogP contribution in [-0.2, 0) is 14.3 Å². The highest BCUT2D eigenvalue weighted by Gasteiger charge is 2.06. The second-order valence-electron chi connectivity index (χ2n) is 4.41. The van der Waals surface area contributed by atoms with E-state index >= 15 is 0 Å². The predicted molar refractivity (Wildman–Crippen MR) is 86.5 cm³/mol. The van der Waals surface area contributed by atoms with Crippen LogP contribution in [0.5, 0.6) is 0 Å². The third-order valence-corrected chi connectivity index (χ3v) is 3.70. The van der Waals surface area contributed by atoms with Gasteiger partial charge in [-0.3, -0.25) is 9.59 Å². The van der Waals surface area contributed by atoms with Gasteiger partial charge < -0.3 is 10.1 Å². The van der Waals surface area contributed by atoms with E-state index in [4.69, 9.17) is 4.74 Å². The molecule has 0 atom stereocenters. The molecule has 1 N–H and O–H groups in total. The molecule has 21 heavy (non-hydrogen) atoms. The molecule has 0 radical (unpaired) electrons. The zero-order chi connectivity index (χ0) is 15.1. The van der Waals surface area contributed by atoms with Gasteiger partial charge in [-0.05, 0) is 29.8 Å². The molecule has 2 aromatic rings. The summed E-state index contributed by atoms with van der Waals surface area (Å²) < 4.78 is 4.80. The van der Waals surface area contributed by atoms with Gasteiger partial charge in [0, 0.05) is 5.69 Å². The van der Waals surface area contributed by atoms with E-state index in [2.05, 4.69) is 5.32 Å². The third-order valence-electron chi connectivity index (χ3n) is 2.79. The molecule has 0 saturated heterocycles. The van der Waals surface area contributed by atoms with Crippen LogP contribution in [0.25, 0.3) is 10.8 Å². The summed E-state index contributed by atoms with van der Waals surface area (Å²) in [5.74, 6) is 0.00513. The van der Waals surface area contributed by atoms with Gasteiger partial charge >= 0.3 is 5.97 Å². The number of rotatable bonds is 6. The highest BCUT2D eigenvalue weighted by atomic mass is 32.2. The van der Waals surface area contributed by atoms with Gasteiger partial charge in [0.15, 0.2) is 0 Å². The van der Waals surface area contributed by atoms with Gasteiger partial charge in [0.25, 0.3) is 0 Å². The van der Waals surface area contributed by atoms with Crippen LogP contribution in [0.2, 0.25) is 0 Å². The number of carbonyl (C=O) groups excluding carboxylic acids is 2. The number of hydrogen-bond acceptors (Lipinski definition) is 4. The van der Waals surface area contributed by atoms with Gasteiger partial charge in [-0.15, -0.1) is 11.8 Å². The molecule has 0 heterocycles. The van der Waals surface area contributed by atoms with Crippen LogP contribution in [0.15, 0.2) is 42.5 Å². The number of hydrogen-bond donors (Lipinski definition) is 1. The number of carbonyl (C=O) groups is 2. The zero-order valence-electron chi connectivity index (χ0n) is 11.8. The number of benzene rings is 2. The summed E-state index contributed by atoms with van der Waals surface area (Å²) in [4.78, 5) is 23.0. The van der Waals surface area contributed by atoms with Gasteiger partial charge in [-0.25, -0.2) is 0 Å². The number of thioether (sulfide) groups is 1. The quantitative estimate of drug-likeness (QED) is 0.833. The van der Waals surface area contributed by atoms with Crippen LogP contribution < -0.4 is 5.32 Å². The van der Waals surface area contributed by atoms with Crippen molar-refractivity contribution in [3.8, 4) is 0 Å². The lowest BCUT2D eigenvalue weighted by Gasteiger charge is -2.06. The molecule has 0 bridgehead atoms. The van der Waals surface area contributed by atoms with Crippen LogP contribution in [-0.4, -0.2) is 30.0 Å². The first kappa shape index (κ1) is 15.4. The Bertz CT molecular complexity index is 642. The van der Waals surface area contributed by atoms with Gasteiger partial charge in [-0.2, -0.15) is 0 Å². The molecule has 5 heteroatoms. The van der Waals surface area contributed by atoms with E-state index in [0.29, 0.717) is 6.61 Å². The van der Waals surface area contributed by atoms with Crippen molar-refractivity contribution in [1.82, 2.24) is 0 Å². The lowest BCUT2D eigenvalue weighted by Crippen LogP contribution is -2.16. The maximum Gasteiger partial charge on any atom is 0.315 e. The molecule has 0 spiro atoms. The van der Waals surface area contributed by atoms with Gasteiger partial charge in [0.05, 0.1) is 18.1 Å². The summed E-state index contributed by atoms with van der Waals surface area (Å²) >= 11 is 1.25. The maximum atomic E-state index is 11.8. The van der Waals surface area contributed by atoms with Crippen molar-refractivity contribution in [1.29, 1.82) is 0 Å². The van der Waals surface area contributed by atoms with Gasteiger partial charge in [0.1, 0.15) is 0 Å². The molecule has 4 nitrogen and oxygen atoms in total. The Kier molecular flexibility index (Phi) is 5.63. The number of fused-ring (bicyclic) bond motifs is 1. The molecule has 0 aromatic heterocycles. The summed E-state index contributed by atoms with van der Waals surface area (Å²) in [5, 5.41) is 5.04. The third kappa shape index (κ3) is 4.79. The van der Waals surface area contributed by atoms with E-state index in [1.165, 1.54) is 11.8 Å². The molecule has 1 amide bonds. The number of nitrogens with one attached hydrogen (secondary N) is 1. The van der Waals surface area contributed by atoms with E-state index < -0.39 is 0 Å². The Hall–Kier alpha value is -2.01. The lowest BCUT2D eigenvalue weighted by molar-refractivity contribution is -0.139. The predicted octanol–water partition coefficient (Wildman–Crippen LogP) is 3.07. The SMILES string of the molecule is CCOC(=O)CSCC(=O)Nc1ccc2ccccc2c1. The minimum Gasteiger partial charge on any atom is -0.465 e. The topological polar surface area (TPSA) is 55.4 Å². The fraction of sp³-hybridized carbons (Fsp3) is 0.250. The number of anilines is 1. The van der Waals surface area contributed by atoms with Crippen molar-refractivity contribution in [3.63, 3.8) is 0 Å². The number of esters is 1. The van der Waals surface area contributed by atoms with E-state index in [-0.39, 0.29) is 23.4 Å². The Morgan fingerprint density at radius 1 is 1.10 bits per heavy atom. The highest BCUT2D eigenvalue weighted by Crippen LogP contribution is 2.19. The van der Waals surface area contributed by atoms with E-state index in [1.807, 2.05) is 42.5 Å². The first-order chi connectivity index (χ1) is 10.2. The Morgan fingerprint density at radius 2 is 1.86 bits per heavy atom. The molecule has 2 aromatic carbocycles. The Balaban J connectivity index is 1.85. The molecule has 2 rings (SSSR count). The fourth-order valence-corrected chi connectivity index (χ4v) is 2.50. The molecule has 110 valence electrons. The van der Waals surface area contributed by atoms with Crippen LogP contribution in [0.1, 0.15) is 6.92 Å². The van der Waals surface area contributed by atoms with E-state index in [9.17, 15) is 9.59 Å². The molecular weight excluding hydrogens is 286 g/mol. The summed E-state index contributed by atoms with van der Waals surface area (Å²) in [6.45, 7) is 2.12. The summed E-state index contributed by atoms with van der Waals surface area (Å²) in [5.41, 5.74) is 0.760. The molecule has 0 aliphatic carbocycles. The fourth-order valence-electron chi connectivity index (χ4n) is 1.89. The van der Waals surface area contributed by atoms with Crippen LogP contribution in [0.4, 0.5) is 5.69 Å². The average Bonchev–Trinajstić information content (AvgIpc) is 2.47. The molecule has 0 aliphatic rings. The first-order valence-electron chi connectivity index (χ1n) is 6.71. The van der Waals surface area contributed by atoms with Crippen LogP contribution in [0, 0.1) is 0 Å². The molecule has 0 fully saturated rings. The summed E-state index contributed by atoms with van der Waals surface area (Å²) in [6.07, 6.45) is 0. The second kappa shape index (κ2) is 7.69. The van der Waals surface area contributed by atoms with Crippen molar-refractivity contribution >= 4 is 40.1 Å². The van der Waals surface area contributed by atoms with Crippen LogP contribution >= 0.6 is 11.8 Å². The van der Waals surface area contributed by atoms with Crippen molar-refractivity contribution in [2.45, 2.75) is 6.92 Å². The molecule has 0 aliphatic heterocycles. The normalized spacial score (nSPS) is 10.3. The van der Waals surface area contributed by atoms with Gasteiger partial charge in [0.2, 0.25) is 5.91 Å². The first-order valence-corrected chi connectivity index (χ1v) is 7.86.